The maximum atomic E-state index is 4.21. The molecule has 2 heterocycles. The van der Waals surface area contributed by atoms with Crippen LogP contribution in [-0.2, 0) is 6.42 Å². The standard InChI is InChI=1S/C14H18N2S/c1-4-11-8-16-6-5-13(11)14(15-3)12-7-10(2)17-9-12/h5-9,14-15H,4H2,1-3H3. The first-order valence-electron chi connectivity index (χ1n) is 5.91. The molecule has 1 unspecified atom stereocenters. The molecule has 2 rings (SSSR count). The van der Waals surface area contributed by atoms with E-state index in [9.17, 15) is 0 Å². The Balaban J connectivity index is 2.41. The molecular weight excluding hydrogens is 228 g/mol. The van der Waals surface area contributed by atoms with Gasteiger partial charge in [0.2, 0.25) is 0 Å². The number of aryl methyl sites for hydroxylation is 2. The second kappa shape index (κ2) is 5.43. The zero-order valence-electron chi connectivity index (χ0n) is 10.5. The van der Waals surface area contributed by atoms with Crippen molar-refractivity contribution in [3.8, 4) is 0 Å². The molecule has 0 aliphatic heterocycles. The van der Waals surface area contributed by atoms with Gasteiger partial charge in [0.1, 0.15) is 0 Å². The van der Waals surface area contributed by atoms with E-state index in [0.717, 1.165) is 6.42 Å². The normalized spacial score (nSPS) is 12.6. The Bertz CT molecular complexity index is 490. The van der Waals surface area contributed by atoms with Gasteiger partial charge >= 0.3 is 0 Å². The lowest BCUT2D eigenvalue weighted by Crippen LogP contribution is -2.18. The van der Waals surface area contributed by atoms with Crippen LogP contribution in [0.15, 0.2) is 29.9 Å². The number of aromatic nitrogens is 1. The summed E-state index contributed by atoms with van der Waals surface area (Å²) >= 11 is 1.80. The fourth-order valence-electron chi connectivity index (χ4n) is 2.13. The minimum Gasteiger partial charge on any atom is -0.309 e. The molecule has 2 aromatic rings. The average Bonchev–Trinajstić information content (AvgIpc) is 2.77. The largest absolute Gasteiger partial charge is 0.309 e. The van der Waals surface area contributed by atoms with Crippen LogP contribution in [0.3, 0.4) is 0 Å². The van der Waals surface area contributed by atoms with Crippen LogP contribution >= 0.6 is 11.3 Å². The predicted molar refractivity (Wildman–Crippen MR) is 73.6 cm³/mol. The Morgan fingerprint density at radius 3 is 2.88 bits per heavy atom. The molecule has 3 heteroatoms. The Labute approximate surface area is 107 Å². The lowest BCUT2D eigenvalue weighted by Gasteiger charge is -2.18. The molecule has 0 aromatic carbocycles. The molecule has 1 N–H and O–H groups in total. The highest BCUT2D eigenvalue weighted by Crippen LogP contribution is 2.27. The number of nitrogens with zero attached hydrogens (tertiary/aromatic N) is 1. The van der Waals surface area contributed by atoms with Crippen LogP contribution in [0.4, 0.5) is 0 Å². The minimum absolute atomic E-state index is 0.276. The molecule has 0 radical (unpaired) electrons. The van der Waals surface area contributed by atoms with Gasteiger partial charge < -0.3 is 5.32 Å². The van der Waals surface area contributed by atoms with Gasteiger partial charge in [-0.25, -0.2) is 0 Å². The zero-order chi connectivity index (χ0) is 12.3. The van der Waals surface area contributed by atoms with E-state index in [1.54, 1.807) is 11.3 Å². The Kier molecular flexibility index (Phi) is 3.92. The minimum atomic E-state index is 0.276. The first-order chi connectivity index (χ1) is 8.26. The summed E-state index contributed by atoms with van der Waals surface area (Å²) in [4.78, 5) is 5.56. The highest BCUT2D eigenvalue weighted by molar-refractivity contribution is 7.10. The van der Waals surface area contributed by atoms with Gasteiger partial charge in [0.15, 0.2) is 0 Å². The van der Waals surface area contributed by atoms with Crippen LogP contribution in [0.5, 0.6) is 0 Å². The fourth-order valence-corrected chi connectivity index (χ4v) is 2.86. The zero-order valence-corrected chi connectivity index (χ0v) is 11.3. The molecule has 0 saturated heterocycles. The topological polar surface area (TPSA) is 24.9 Å². The molecule has 0 bridgehead atoms. The van der Waals surface area contributed by atoms with Crippen LogP contribution in [0, 0.1) is 6.92 Å². The van der Waals surface area contributed by atoms with Crippen LogP contribution < -0.4 is 5.32 Å². The van der Waals surface area contributed by atoms with Crippen molar-refractivity contribution >= 4 is 11.3 Å². The Morgan fingerprint density at radius 1 is 1.47 bits per heavy atom. The summed E-state index contributed by atoms with van der Waals surface area (Å²) in [5.74, 6) is 0. The summed E-state index contributed by atoms with van der Waals surface area (Å²) in [5.41, 5.74) is 3.99. The van der Waals surface area contributed by atoms with Crippen LogP contribution in [0.25, 0.3) is 0 Å². The second-order valence-electron chi connectivity index (χ2n) is 4.14. The van der Waals surface area contributed by atoms with Gasteiger partial charge in [-0.15, -0.1) is 11.3 Å². The smallest absolute Gasteiger partial charge is 0.0586 e. The first-order valence-corrected chi connectivity index (χ1v) is 6.79. The molecule has 17 heavy (non-hydrogen) atoms. The van der Waals surface area contributed by atoms with E-state index in [-0.39, 0.29) is 6.04 Å². The quantitative estimate of drug-likeness (QED) is 0.895. The summed E-state index contributed by atoms with van der Waals surface area (Å²) in [6.07, 6.45) is 4.86. The third kappa shape index (κ3) is 2.56. The van der Waals surface area contributed by atoms with Gasteiger partial charge in [-0.1, -0.05) is 6.92 Å². The van der Waals surface area contributed by atoms with Gasteiger partial charge in [0, 0.05) is 17.3 Å². The molecule has 0 spiro atoms. The fraction of sp³-hybridized carbons (Fsp3) is 0.357. The summed E-state index contributed by atoms with van der Waals surface area (Å²) in [7, 11) is 2.01. The van der Waals surface area contributed by atoms with Crippen LogP contribution in [0.1, 0.15) is 34.5 Å². The third-order valence-electron chi connectivity index (χ3n) is 3.01. The van der Waals surface area contributed by atoms with E-state index in [2.05, 4.69) is 41.7 Å². The number of thiophene rings is 1. The van der Waals surface area contributed by atoms with Gasteiger partial charge in [0.25, 0.3) is 0 Å². The molecule has 0 aliphatic carbocycles. The van der Waals surface area contributed by atoms with E-state index >= 15 is 0 Å². The van der Waals surface area contributed by atoms with E-state index in [1.165, 1.54) is 21.6 Å². The molecule has 2 aromatic heterocycles. The molecule has 90 valence electrons. The van der Waals surface area contributed by atoms with Crippen molar-refractivity contribution in [3.05, 3.63) is 51.5 Å². The summed E-state index contributed by atoms with van der Waals surface area (Å²) < 4.78 is 0. The van der Waals surface area contributed by atoms with Gasteiger partial charge in [-0.05, 0) is 54.6 Å². The lowest BCUT2D eigenvalue weighted by molar-refractivity contribution is 0.684. The SMILES string of the molecule is CCc1cnccc1C(NC)c1csc(C)c1. The van der Waals surface area contributed by atoms with Crippen molar-refractivity contribution in [1.29, 1.82) is 0 Å². The summed E-state index contributed by atoms with van der Waals surface area (Å²) in [5, 5.41) is 5.63. The van der Waals surface area contributed by atoms with E-state index in [0.29, 0.717) is 0 Å². The van der Waals surface area contributed by atoms with Crippen LogP contribution in [-0.4, -0.2) is 12.0 Å². The lowest BCUT2D eigenvalue weighted by atomic mass is 9.96. The highest BCUT2D eigenvalue weighted by atomic mass is 32.1. The van der Waals surface area contributed by atoms with E-state index in [1.807, 2.05) is 19.4 Å². The predicted octanol–water partition coefficient (Wildman–Crippen LogP) is 3.32. The number of hydrogen-bond acceptors (Lipinski definition) is 3. The van der Waals surface area contributed by atoms with Gasteiger partial charge in [-0.3, -0.25) is 4.98 Å². The number of hydrogen-bond donors (Lipinski definition) is 1. The number of nitrogens with one attached hydrogen (secondary N) is 1. The molecule has 0 fully saturated rings. The van der Waals surface area contributed by atoms with Crippen molar-refractivity contribution in [2.75, 3.05) is 7.05 Å². The van der Waals surface area contributed by atoms with E-state index in [4.69, 9.17) is 0 Å². The maximum absolute atomic E-state index is 4.21. The number of rotatable bonds is 4. The number of pyridine rings is 1. The molecule has 0 aliphatic rings. The van der Waals surface area contributed by atoms with Crippen molar-refractivity contribution < 1.29 is 0 Å². The monoisotopic (exact) mass is 246 g/mol. The van der Waals surface area contributed by atoms with Gasteiger partial charge in [-0.2, -0.15) is 0 Å². The first kappa shape index (κ1) is 12.3. The molecule has 1 atom stereocenters. The van der Waals surface area contributed by atoms with E-state index < -0.39 is 0 Å². The summed E-state index contributed by atoms with van der Waals surface area (Å²) in [6, 6.07) is 4.65. The molecule has 2 nitrogen and oxygen atoms in total. The van der Waals surface area contributed by atoms with Crippen LogP contribution in [0.2, 0.25) is 0 Å². The van der Waals surface area contributed by atoms with Crippen molar-refractivity contribution in [1.82, 2.24) is 10.3 Å². The van der Waals surface area contributed by atoms with Crippen molar-refractivity contribution in [3.63, 3.8) is 0 Å². The molecule has 0 saturated carbocycles. The molecular formula is C14H18N2S. The maximum Gasteiger partial charge on any atom is 0.0586 e. The third-order valence-corrected chi connectivity index (χ3v) is 3.89. The average molecular weight is 246 g/mol. The molecule has 0 amide bonds. The Morgan fingerprint density at radius 2 is 2.29 bits per heavy atom. The van der Waals surface area contributed by atoms with Crippen molar-refractivity contribution in [2.45, 2.75) is 26.3 Å². The Hall–Kier alpha value is -1.19. The summed E-state index contributed by atoms with van der Waals surface area (Å²) in [6.45, 7) is 4.32. The van der Waals surface area contributed by atoms with Gasteiger partial charge in [0.05, 0.1) is 6.04 Å². The van der Waals surface area contributed by atoms with Crippen molar-refractivity contribution in [2.24, 2.45) is 0 Å². The highest BCUT2D eigenvalue weighted by Gasteiger charge is 2.15. The second-order valence-corrected chi connectivity index (χ2v) is 5.26.